The van der Waals surface area contributed by atoms with E-state index in [1.54, 1.807) is 24.4 Å². The molecule has 0 saturated heterocycles. The summed E-state index contributed by atoms with van der Waals surface area (Å²) in [6.45, 7) is 0.243. The summed E-state index contributed by atoms with van der Waals surface area (Å²) in [7, 11) is 0. The number of nitrogens with zero attached hydrogens (tertiary/aromatic N) is 1. The number of urea groups is 1. The molecule has 0 spiro atoms. The van der Waals surface area contributed by atoms with E-state index in [4.69, 9.17) is 0 Å². The van der Waals surface area contributed by atoms with Gasteiger partial charge in [-0.25, -0.2) is 4.79 Å². The molecule has 0 saturated carbocycles. The fraction of sp³-hybridized carbons (Fsp3) is 0.133. The zero-order valence-electron chi connectivity index (χ0n) is 11.4. The van der Waals surface area contributed by atoms with Gasteiger partial charge in [0.05, 0.1) is 18.8 Å². The molecule has 0 fully saturated rings. The van der Waals surface area contributed by atoms with Crippen molar-refractivity contribution in [2.45, 2.75) is 6.54 Å². The van der Waals surface area contributed by atoms with Gasteiger partial charge in [0.2, 0.25) is 5.91 Å². The van der Waals surface area contributed by atoms with E-state index in [2.05, 4.69) is 20.9 Å². The highest BCUT2D eigenvalue weighted by molar-refractivity contribution is 5.92. The van der Waals surface area contributed by atoms with E-state index in [0.29, 0.717) is 12.2 Å². The third-order valence-electron chi connectivity index (χ3n) is 2.63. The number of aromatic nitrogens is 1. The zero-order chi connectivity index (χ0) is 14.9. The second-order valence-electron chi connectivity index (χ2n) is 4.27. The summed E-state index contributed by atoms with van der Waals surface area (Å²) in [5, 5.41) is 7.79. The average molecular weight is 284 g/mol. The lowest BCUT2D eigenvalue weighted by atomic mass is 10.3. The van der Waals surface area contributed by atoms with Crippen molar-refractivity contribution in [2.24, 2.45) is 0 Å². The predicted molar refractivity (Wildman–Crippen MR) is 79.5 cm³/mol. The van der Waals surface area contributed by atoms with Crippen LogP contribution in [0.3, 0.4) is 0 Å². The van der Waals surface area contributed by atoms with Crippen molar-refractivity contribution in [2.75, 3.05) is 11.9 Å². The van der Waals surface area contributed by atoms with Crippen molar-refractivity contribution in [3.05, 3.63) is 60.4 Å². The van der Waals surface area contributed by atoms with Gasteiger partial charge in [0, 0.05) is 11.9 Å². The summed E-state index contributed by atoms with van der Waals surface area (Å²) in [5.74, 6) is -0.274. The number of hydrogen-bond donors (Lipinski definition) is 3. The number of carbonyl (C=O) groups is 2. The third-order valence-corrected chi connectivity index (χ3v) is 2.63. The maximum atomic E-state index is 11.6. The summed E-state index contributed by atoms with van der Waals surface area (Å²) in [5.41, 5.74) is 1.43. The van der Waals surface area contributed by atoms with Crippen LogP contribution in [0.5, 0.6) is 0 Å². The van der Waals surface area contributed by atoms with Crippen LogP contribution in [0.25, 0.3) is 0 Å². The monoisotopic (exact) mass is 284 g/mol. The minimum atomic E-state index is -0.422. The molecule has 108 valence electrons. The molecule has 21 heavy (non-hydrogen) atoms. The Hall–Kier alpha value is -2.89. The summed E-state index contributed by atoms with van der Waals surface area (Å²) in [6.07, 6.45) is 1.66. The molecule has 0 unspecified atom stereocenters. The molecule has 0 atom stereocenters. The van der Waals surface area contributed by atoms with Crippen LogP contribution in [-0.2, 0) is 11.3 Å². The predicted octanol–water partition coefficient (Wildman–Crippen LogP) is 1.52. The van der Waals surface area contributed by atoms with Crippen molar-refractivity contribution >= 4 is 17.6 Å². The van der Waals surface area contributed by atoms with E-state index in [9.17, 15) is 9.59 Å². The van der Waals surface area contributed by atoms with Gasteiger partial charge in [-0.3, -0.25) is 9.78 Å². The van der Waals surface area contributed by atoms with Crippen LogP contribution in [0.15, 0.2) is 54.7 Å². The van der Waals surface area contributed by atoms with Crippen LogP contribution >= 0.6 is 0 Å². The van der Waals surface area contributed by atoms with E-state index in [-0.39, 0.29) is 12.5 Å². The first-order valence-corrected chi connectivity index (χ1v) is 6.50. The van der Waals surface area contributed by atoms with Crippen LogP contribution in [0, 0.1) is 0 Å². The number of pyridine rings is 1. The van der Waals surface area contributed by atoms with Gasteiger partial charge in [-0.2, -0.15) is 0 Å². The largest absolute Gasteiger partial charge is 0.349 e. The Kier molecular flexibility index (Phi) is 5.28. The first-order valence-electron chi connectivity index (χ1n) is 6.50. The minimum Gasteiger partial charge on any atom is -0.349 e. The summed E-state index contributed by atoms with van der Waals surface area (Å²) < 4.78 is 0. The third kappa shape index (κ3) is 5.32. The average Bonchev–Trinajstić information content (AvgIpc) is 2.53. The summed E-state index contributed by atoms with van der Waals surface area (Å²) >= 11 is 0. The molecule has 6 nitrogen and oxygen atoms in total. The van der Waals surface area contributed by atoms with Gasteiger partial charge in [0.15, 0.2) is 0 Å². The lowest BCUT2D eigenvalue weighted by Gasteiger charge is -2.08. The molecule has 0 aliphatic heterocycles. The number of hydrogen-bond acceptors (Lipinski definition) is 3. The van der Waals surface area contributed by atoms with Crippen molar-refractivity contribution in [1.29, 1.82) is 0 Å². The number of amides is 3. The van der Waals surface area contributed by atoms with E-state index in [0.717, 1.165) is 5.69 Å². The Morgan fingerprint density at radius 1 is 0.952 bits per heavy atom. The molecule has 1 aromatic carbocycles. The first kappa shape index (κ1) is 14.5. The Morgan fingerprint density at radius 3 is 2.43 bits per heavy atom. The summed E-state index contributed by atoms with van der Waals surface area (Å²) in [6, 6.07) is 14.1. The number of rotatable bonds is 5. The van der Waals surface area contributed by atoms with Crippen LogP contribution in [-0.4, -0.2) is 23.5 Å². The number of anilines is 1. The van der Waals surface area contributed by atoms with Gasteiger partial charge in [-0.1, -0.05) is 24.3 Å². The van der Waals surface area contributed by atoms with Gasteiger partial charge in [0.1, 0.15) is 0 Å². The van der Waals surface area contributed by atoms with Gasteiger partial charge < -0.3 is 16.0 Å². The molecule has 0 aliphatic carbocycles. The zero-order valence-corrected chi connectivity index (χ0v) is 11.4. The number of nitrogens with one attached hydrogen (secondary N) is 3. The smallest absolute Gasteiger partial charge is 0.319 e. The number of benzene rings is 1. The highest BCUT2D eigenvalue weighted by Crippen LogP contribution is 2.03. The van der Waals surface area contributed by atoms with Crippen molar-refractivity contribution in [1.82, 2.24) is 15.6 Å². The molecular weight excluding hydrogens is 268 g/mol. The van der Waals surface area contributed by atoms with Crippen molar-refractivity contribution in [3.8, 4) is 0 Å². The standard InChI is InChI=1S/C15H16N4O2/c20-14(17-10-13-8-4-5-9-16-13)11-18-15(21)19-12-6-2-1-3-7-12/h1-9H,10-11H2,(H,17,20)(H2,18,19,21). The Morgan fingerprint density at radius 2 is 1.71 bits per heavy atom. The highest BCUT2D eigenvalue weighted by Gasteiger charge is 2.05. The molecule has 0 bridgehead atoms. The molecule has 0 aliphatic rings. The van der Waals surface area contributed by atoms with Gasteiger partial charge in [0.25, 0.3) is 0 Å². The topological polar surface area (TPSA) is 83.1 Å². The van der Waals surface area contributed by atoms with E-state index >= 15 is 0 Å². The Labute approximate surface area is 122 Å². The van der Waals surface area contributed by atoms with Crippen molar-refractivity contribution < 1.29 is 9.59 Å². The first-order chi connectivity index (χ1) is 10.2. The normalized spacial score (nSPS) is 9.71. The molecule has 0 radical (unpaired) electrons. The molecule has 2 aromatic rings. The molecule has 2 rings (SSSR count). The molecule has 3 N–H and O–H groups in total. The Bertz CT molecular complexity index is 587. The van der Waals surface area contributed by atoms with E-state index < -0.39 is 6.03 Å². The molecular formula is C15H16N4O2. The fourth-order valence-electron chi connectivity index (χ4n) is 1.61. The van der Waals surface area contributed by atoms with Gasteiger partial charge >= 0.3 is 6.03 Å². The Balaban J connectivity index is 1.68. The van der Waals surface area contributed by atoms with E-state index in [1.165, 1.54) is 0 Å². The molecule has 3 amide bonds. The van der Waals surface area contributed by atoms with Gasteiger partial charge in [-0.15, -0.1) is 0 Å². The second kappa shape index (κ2) is 7.64. The maximum Gasteiger partial charge on any atom is 0.319 e. The lowest BCUT2D eigenvalue weighted by molar-refractivity contribution is -0.120. The quantitative estimate of drug-likeness (QED) is 0.778. The van der Waals surface area contributed by atoms with E-state index in [1.807, 2.05) is 30.3 Å². The van der Waals surface area contributed by atoms with Gasteiger partial charge in [-0.05, 0) is 24.3 Å². The maximum absolute atomic E-state index is 11.6. The van der Waals surface area contributed by atoms with Crippen LogP contribution < -0.4 is 16.0 Å². The lowest BCUT2D eigenvalue weighted by Crippen LogP contribution is -2.38. The van der Waals surface area contributed by atoms with Crippen LogP contribution in [0.1, 0.15) is 5.69 Å². The fourth-order valence-corrected chi connectivity index (χ4v) is 1.61. The number of para-hydroxylation sites is 1. The second-order valence-corrected chi connectivity index (χ2v) is 4.27. The van der Waals surface area contributed by atoms with Crippen LogP contribution in [0.4, 0.5) is 10.5 Å². The molecule has 6 heteroatoms. The summed E-state index contributed by atoms with van der Waals surface area (Å²) in [4.78, 5) is 27.3. The number of carbonyl (C=O) groups excluding carboxylic acids is 2. The highest BCUT2D eigenvalue weighted by atomic mass is 16.2. The van der Waals surface area contributed by atoms with Crippen LogP contribution in [0.2, 0.25) is 0 Å². The molecule has 1 heterocycles. The van der Waals surface area contributed by atoms with Crippen molar-refractivity contribution in [3.63, 3.8) is 0 Å². The minimum absolute atomic E-state index is 0.0918. The SMILES string of the molecule is O=C(CNC(=O)Nc1ccccc1)NCc1ccccn1. The molecule has 1 aromatic heterocycles.